The van der Waals surface area contributed by atoms with Gasteiger partial charge in [0.1, 0.15) is 5.69 Å². The molecule has 0 unspecified atom stereocenters. The second kappa shape index (κ2) is 10.3. The summed E-state index contributed by atoms with van der Waals surface area (Å²) in [5.74, 6) is -0.313. The minimum Gasteiger partial charge on any atom is -0.461 e. The lowest BCUT2D eigenvalue weighted by atomic mass is 9.83. The predicted molar refractivity (Wildman–Crippen MR) is 137 cm³/mol. The molecule has 4 nitrogen and oxygen atoms in total. The summed E-state index contributed by atoms with van der Waals surface area (Å²) in [5.41, 5.74) is 5.15. The van der Waals surface area contributed by atoms with Gasteiger partial charge in [0.2, 0.25) is 0 Å². The standard InChI is InChI=1S/C30H32N2O2/c1-2-34-30(33)29-28(27(23-13-5-3-6-14-23)24-15-7-4-8-16-24)25-17-9-10-18-26(25)32(29)22-21-31-19-11-12-20-31/h3-10,13-18,27H,2,11-12,19-22H2,1H3. The lowest BCUT2D eigenvalue weighted by Crippen LogP contribution is -2.26. The van der Waals surface area contributed by atoms with Crippen LogP contribution in [0.1, 0.15) is 52.9 Å². The fourth-order valence-corrected chi connectivity index (χ4v) is 5.34. The fourth-order valence-electron chi connectivity index (χ4n) is 5.34. The zero-order chi connectivity index (χ0) is 23.3. The molecule has 34 heavy (non-hydrogen) atoms. The minimum absolute atomic E-state index is 0.0697. The largest absolute Gasteiger partial charge is 0.461 e. The van der Waals surface area contributed by atoms with Crippen LogP contribution in [-0.4, -0.2) is 41.7 Å². The third-order valence-electron chi connectivity index (χ3n) is 6.87. The molecule has 0 amide bonds. The Bertz CT molecular complexity index is 1200. The monoisotopic (exact) mass is 452 g/mol. The first kappa shape index (κ1) is 22.4. The van der Waals surface area contributed by atoms with Gasteiger partial charge in [-0.3, -0.25) is 0 Å². The summed E-state index contributed by atoms with van der Waals surface area (Å²) in [6, 6.07) is 29.4. The summed E-state index contributed by atoms with van der Waals surface area (Å²) in [6.45, 7) is 6.21. The number of ether oxygens (including phenoxy) is 1. The van der Waals surface area contributed by atoms with Gasteiger partial charge in [-0.05, 0) is 50.0 Å². The summed E-state index contributed by atoms with van der Waals surface area (Å²) < 4.78 is 7.87. The van der Waals surface area contributed by atoms with Gasteiger partial charge in [-0.2, -0.15) is 0 Å². The van der Waals surface area contributed by atoms with Gasteiger partial charge in [-0.1, -0.05) is 78.9 Å². The lowest BCUT2D eigenvalue weighted by molar-refractivity contribution is 0.0512. The highest BCUT2D eigenvalue weighted by Gasteiger charge is 2.31. The van der Waals surface area contributed by atoms with E-state index in [0.29, 0.717) is 12.3 Å². The van der Waals surface area contributed by atoms with Crippen LogP contribution in [-0.2, 0) is 11.3 Å². The van der Waals surface area contributed by atoms with Crippen LogP contribution < -0.4 is 0 Å². The number of carbonyl (C=O) groups is 1. The predicted octanol–water partition coefficient (Wildman–Crippen LogP) is 6.09. The number of nitrogens with zero attached hydrogens (tertiary/aromatic N) is 2. The molecule has 0 N–H and O–H groups in total. The first-order chi connectivity index (χ1) is 16.8. The van der Waals surface area contributed by atoms with Crippen LogP contribution >= 0.6 is 0 Å². The smallest absolute Gasteiger partial charge is 0.355 e. The normalized spacial score (nSPS) is 14.2. The summed E-state index contributed by atoms with van der Waals surface area (Å²) in [6.07, 6.45) is 2.51. The molecule has 4 heteroatoms. The van der Waals surface area contributed by atoms with E-state index < -0.39 is 0 Å². The fraction of sp³-hybridized carbons (Fsp3) is 0.300. The number of benzene rings is 3. The molecule has 0 bridgehead atoms. The quantitative estimate of drug-likeness (QED) is 0.303. The van der Waals surface area contributed by atoms with Crippen LogP contribution in [0.4, 0.5) is 0 Å². The molecule has 3 aromatic carbocycles. The third-order valence-corrected chi connectivity index (χ3v) is 6.87. The molecule has 5 rings (SSSR count). The van der Waals surface area contributed by atoms with E-state index in [0.717, 1.165) is 42.6 Å². The third kappa shape index (κ3) is 4.38. The van der Waals surface area contributed by atoms with Crippen molar-refractivity contribution in [2.75, 3.05) is 26.2 Å². The zero-order valence-electron chi connectivity index (χ0n) is 19.8. The van der Waals surface area contributed by atoms with Crippen molar-refractivity contribution in [2.45, 2.75) is 32.2 Å². The summed E-state index contributed by atoms with van der Waals surface area (Å²) in [5, 5.41) is 1.12. The number of esters is 1. The molecule has 1 aromatic heterocycles. The Hall–Kier alpha value is -3.37. The van der Waals surface area contributed by atoms with Crippen LogP contribution in [0.3, 0.4) is 0 Å². The SMILES string of the molecule is CCOC(=O)c1c(C(c2ccccc2)c2ccccc2)c2ccccc2n1CCN1CCCC1. The zero-order valence-corrected chi connectivity index (χ0v) is 19.8. The molecule has 1 saturated heterocycles. The van der Waals surface area contributed by atoms with Crippen molar-refractivity contribution in [1.82, 2.24) is 9.47 Å². The molecule has 1 aliphatic heterocycles. The first-order valence-corrected chi connectivity index (χ1v) is 12.4. The number of rotatable bonds is 8. The van der Waals surface area contributed by atoms with Crippen LogP contribution in [0.15, 0.2) is 84.9 Å². The van der Waals surface area contributed by atoms with E-state index in [2.05, 4.69) is 82.3 Å². The van der Waals surface area contributed by atoms with Crippen molar-refractivity contribution in [3.8, 4) is 0 Å². The Labute approximate surface area is 201 Å². The van der Waals surface area contributed by atoms with E-state index in [9.17, 15) is 4.79 Å². The maximum atomic E-state index is 13.6. The van der Waals surface area contributed by atoms with Gasteiger partial charge in [0.15, 0.2) is 0 Å². The maximum absolute atomic E-state index is 13.6. The van der Waals surface area contributed by atoms with Crippen molar-refractivity contribution >= 4 is 16.9 Å². The van der Waals surface area contributed by atoms with Gasteiger partial charge >= 0.3 is 5.97 Å². The van der Waals surface area contributed by atoms with Gasteiger partial charge in [-0.15, -0.1) is 0 Å². The molecule has 0 saturated carbocycles. The number of aromatic nitrogens is 1. The van der Waals surface area contributed by atoms with Gasteiger partial charge < -0.3 is 14.2 Å². The number of carbonyl (C=O) groups excluding carboxylic acids is 1. The highest BCUT2D eigenvalue weighted by atomic mass is 16.5. The molecule has 0 radical (unpaired) electrons. The summed E-state index contributed by atoms with van der Waals surface area (Å²) >= 11 is 0. The Morgan fingerprint density at radius 1 is 0.824 bits per heavy atom. The number of para-hydroxylation sites is 1. The van der Waals surface area contributed by atoms with Crippen LogP contribution in [0.2, 0.25) is 0 Å². The van der Waals surface area contributed by atoms with E-state index in [1.165, 1.54) is 24.0 Å². The summed E-state index contributed by atoms with van der Waals surface area (Å²) in [7, 11) is 0. The molecule has 0 aliphatic carbocycles. The second-order valence-electron chi connectivity index (χ2n) is 8.95. The van der Waals surface area contributed by atoms with Gasteiger partial charge in [0, 0.05) is 35.5 Å². The van der Waals surface area contributed by atoms with Gasteiger partial charge in [0.25, 0.3) is 0 Å². The molecular formula is C30H32N2O2. The van der Waals surface area contributed by atoms with Crippen LogP contribution in [0.5, 0.6) is 0 Å². The average Bonchev–Trinajstić information content (AvgIpc) is 3.51. The van der Waals surface area contributed by atoms with Crippen molar-refractivity contribution in [1.29, 1.82) is 0 Å². The molecule has 174 valence electrons. The van der Waals surface area contributed by atoms with Crippen molar-refractivity contribution < 1.29 is 9.53 Å². The van der Waals surface area contributed by atoms with Crippen molar-refractivity contribution in [2.24, 2.45) is 0 Å². The number of likely N-dealkylation sites (tertiary alicyclic amines) is 1. The van der Waals surface area contributed by atoms with E-state index in [1.54, 1.807) is 0 Å². The number of hydrogen-bond donors (Lipinski definition) is 0. The Morgan fingerprint density at radius 3 is 2.03 bits per heavy atom. The van der Waals surface area contributed by atoms with Gasteiger partial charge in [0.05, 0.1) is 6.61 Å². The van der Waals surface area contributed by atoms with Gasteiger partial charge in [-0.25, -0.2) is 4.79 Å². The second-order valence-corrected chi connectivity index (χ2v) is 8.95. The number of fused-ring (bicyclic) bond motifs is 1. The molecular weight excluding hydrogens is 420 g/mol. The van der Waals surface area contributed by atoms with E-state index in [-0.39, 0.29) is 11.9 Å². The first-order valence-electron chi connectivity index (χ1n) is 12.4. The lowest BCUT2D eigenvalue weighted by Gasteiger charge is -2.21. The summed E-state index contributed by atoms with van der Waals surface area (Å²) in [4.78, 5) is 16.1. The number of hydrogen-bond acceptors (Lipinski definition) is 3. The van der Waals surface area contributed by atoms with Crippen molar-refractivity contribution in [3.63, 3.8) is 0 Å². The van der Waals surface area contributed by atoms with E-state index in [4.69, 9.17) is 4.74 Å². The van der Waals surface area contributed by atoms with Crippen LogP contribution in [0, 0.1) is 0 Å². The van der Waals surface area contributed by atoms with E-state index >= 15 is 0 Å². The van der Waals surface area contributed by atoms with Crippen molar-refractivity contribution in [3.05, 3.63) is 107 Å². The highest BCUT2D eigenvalue weighted by Crippen LogP contribution is 2.40. The Balaban J connectivity index is 1.74. The molecule has 2 heterocycles. The maximum Gasteiger partial charge on any atom is 0.355 e. The Morgan fingerprint density at radius 2 is 1.41 bits per heavy atom. The molecule has 1 fully saturated rings. The molecule has 0 spiro atoms. The Kier molecular flexibility index (Phi) is 6.77. The van der Waals surface area contributed by atoms with Crippen LogP contribution in [0.25, 0.3) is 10.9 Å². The minimum atomic E-state index is -0.244. The molecule has 0 atom stereocenters. The topological polar surface area (TPSA) is 34.5 Å². The molecule has 4 aromatic rings. The highest BCUT2D eigenvalue weighted by molar-refractivity contribution is 6.00. The average molecular weight is 453 g/mol. The molecule has 1 aliphatic rings. The van der Waals surface area contributed by atoms with E-state index in [1.807, 2.05) is 19.1 Å².